The lowest BCUT2D eigenvalue weighted by molar-refractivity contribution is -0.137. The van der Waals surface area contributed by atoms with Crippen molar-refractivity contribution in [1.29, 1.82) is 0 Å². The Balaban J connectivity index is 1.42. The highest BCUT2D eigenvalue weighted by Crippen LogP contribution is 2.33. The first-order valence-electron chi connectivity index (χ1n) is 10.1. The summed E-state index contributed by atoms with van der Waals surface area (Å²) in [6.45, 7) is 0.454. The van der Waals surface area contributed by atoms with Gasteiger partial charge in [-0.3, -0.25) is 14.5 Å². The van der Waals surface area contributed by atoms with Crippen molar-refractivity contribution in [3.05, 3.63) is 69.0 Å². The maximum Gasteiger partial charge on any atom is 0.416 e. The summed E-state index contributed by atoms with van der Waals surface area (Å²) in [5.74, 6) is -0.482. The molecule has 0 aromatic heterocycles. The van der Waals surface area contributed by atoms with Crippen LogP contribution in [0.25, 0.3) is 6.08 Å². The number of halogens is 4. The average Bonchev–Trinajstić information content (AvgIpc) is 3.00. The lowest BCUT2D eigenvalue weighted by atomic mass is 10.1. The van der Waals surface area contributed by atoms with Crippen molar-refractivity contribution < 1.29 is 22.8 Å². The van der Waals surface area contributed by atoms with Gasteiger partial charge < -0.3 is 5.32 Å². The molecule has 0 saturated carbocycles. The molecule has 1 N–H and O–H groups in total. The lowest BCUT2D eigenvalue weighted by Crippen LogP contribution is -2.29. The number of hydrogen-bond donors (Lipinski definition) is 1. The van der Waals surface area contributed by atoms with Gasteiger partial charge in [0.15, 0.2) is 0 Å². The fourth-order valence-electron chi connectivity index (χ4n) is 3.17. The molecule has 1 heterocycles. The van der Waals surface area contributed by atoms with E-state index in [4.69, 9.17) is 12.2 Å². The van der Waals surface area contributed by atoms with E-state index in [0.29, 0.717) is 35.0 Å². The maximum atomic E-state index is 12.8. The topological polar surface area (TPSA) is 49.4 Å². The van der Waals surface area contributed by atoms with E-state index in [-0.39, 0.29) is 23.9 Å². The second-order valence-corrected chi connectivity index (χ2v) is 9.92. The number of rotatable bonds is 8. The third-order valence-electron chi connectivity index (χ3n) is 4.78. The Morgan fingerprint density at radius 2 is 1.88 bits per heavy atom. The summed E-state index contributed by atoms with van der Waals surface area (Å²) in [4.78, 5) is 26.8. The number of nitrogens with one attached hydrogen (secondary N) is 1. The predicted molar refractivity (Wildman–Crippen MR) is 133 cm³/mol. The van der Waals surface area contributed by atoms with Crippen LogP contribution in [0, 0.1) is 0 Å². The normalized spacial score (nSPS) is 15.4. The molecule has 0 unspecified atom stereocenters. The van der Waals surface area contributed by atoms with Crippen molar-refractivity contribution in [3.63, 3.8) is 0 Å². The zero-order chi connectivity index (χ0) is 24.0. The number of carbonyl (C=O) groups excluding carboxylic acids is 2. The summed E-state index contributed by atoms with van der Waals surface area (Å²) >= 11 is 10.0. The van der Waals surface area contributed by atoms with Crippen molar-refractivity contribution in [2.45, 2.75) is 31.9 Å². The Morgan fingerprint density at radius 1 is 1.12 bits per heavy atom. The first-order chi connectivity index (χ1) is 15.6. The van der Waals surface area contributed by atoms with Crippen LogP contribution >= 0.6 is 39.9 Å². The summed E-state index contributed by atoms with van der Waals surface area (Å²) in [5, 5.41) is 2.50. The molecule has 0 atom stereocenters. The van der Waals surface area contributed by atoms with Gasteiger partial charge in [0.25, 0.3) is 5.91 Å². The Labute approximate surface area is 207 Å². The number of alkyl halides is 3. The van der Waals surface area contributed by atoms with Gasteiger partial charge in [0.2, 0.25) is 5.91 Å². The van der Waals surface area contributed by atoms with Crippen LogP contribution in [0.3, 0.4) is 0 Å². The van der Waals surface area contributed by atoms with Crippen molar-refractivity contribution in [2.24, 2.45) is 0 Å². The molecule has 33 heavy (non-hydrogen) atoms. The molecule has 3 rings (SSSR count). The molecule has 174 valence electrons. The van der Waals surface area contributed by atoms with Gasteiger partial charge in [0.05, 0.1) is 10.5 Å². The van der Waals surface area contributed by atoms with Crippen LogP contribution < -0.4 is 5.32 Å². The monoisotopic (exact) mass is 556 g/mol. The molecule has 2 amide bonds. The molecule has 1 fully saturated rings. The summed E-state index contributed by atoms with van der Waals surface area (Å²) < 4.78 is 39.7. The third kappa shape index (κ3) is 7.41. The number of thioether (sulfide) groups is 1. The number of hydrogen-bond acceptors (Lipinski definition) is 4. The van der Waals surface area contributed by atoms with Crippen molar-refractivity contribution in [3.8, 4) is 0 Å². The predicted octanol–water partition coefficient (Wildman–Crippen LogP) is 6.87. The molecule has 0 aliphatic carbocycles. The minimum absolute atomic E-state index is 0.115. The molecule has 10 heteroatoms. The van der Waals surface area contributed by atoms with Gasteiger partial charge in [-0.2, -0.15) is 13.2 Å². The number of nitrogens with zero attached hydrogens (tertiary/aromatic N) is 1. The van der Waals surface area contributed by atoms with E-state index in [1.807, 2.05) is 30.3 Å². The van der Waals surface area contributed by atoms with Gasteiger partial charge in [-0.05, 0) is 54.8 Å². The molecule has 2 aromatic rings. The molecule has 1 saturated heterocycles. The van der Waals surface area contributed by atoms with E-state index >= 15 is 0 Å². The SMILES string of the molecule is O=C(CCCCCN1C(=O)/C(=C/c2cccc(Br)c2)SC1=S)Nc1cccc(C(F)(F)F)c1. The highest BCUT2D eigenvalue weighted by molar-refractivity contribution is 9.10. The molecular weight excluding hydrogens is 537 g/mol. The van der Waals surface area contributed by atoms with Crippen LogP contribution in [-0.4, -0.2) is 27.6 Å². The highest BCUT2D eigenvalue weighted by Gasteiger charge is 2.32. The Hall–Kier alpha value is -2.17. The standard InChI is InChI=1S/C23H20BrF3N2O2S2/c24-17-8-4-6-15(12-17)13-19-21(31)29(22(32)33-19)11-3-1-2-10-20(30)28-18-9-5-7-16(14-18)23(25,26)27/h4-9,12-14H,1-3,10-11H2,(H,28,30)/b19-13-. The van der Waals surface area contributed by atoms with Crippen LogP contribution in [0.5, 0.6) is 0 Å². The number of unbranched alkanes of at least 4 members (excludes halogenated alkanes) is 2. The average molecular weight is 557 g/mol. The van der Waals surface area contributed by atoms with E-state index in [2.05, 4.69) is 21.2 Å². The minimum atomic E-state index is -4.46. The van der Waals surface area contributed by atoms with Crippen LogP contribution in [-0.2, 0) is 15.8 Å². The molecule has 0 bridgehead atoms. The molecule has 1 aliphatic rings. The zero-order valence-corrected chi connectivity index (χ0v) is 20.5. The molecule has 4 nitrogen and oxygen atoms in total. The lowest BCUT2D eigenvalue weighted by Gasteiger charge is -2.14. The molecule has 1 aliphatic heterocycles. The fourth-order valence-corrected chi connectivity index (χ4v) is 4.90. The molecule has 2 aromatic carbocycles. The Kier molecular flexibility index (Phi) is 8.72. The minimum Gasteiger partial charge on any atom is -0.326 e. The van der Waals surface area contributed by atoms with E-state index in [1.165, 1.54) is 23.9 Å². The second kappa shape index (κ2) is 11.3. The second-order valence-electron chi connectivity index (χ2n) is 7.33. The molecule has 0 spiro atoms. The number of carbonyl (C=O) groups is 2. The van der Waals surface area contributed by atoms with E-state index in [0.717, 1.165) is 22.2 Å². The summed E-state index contributed by atoms with van der Waals surface area (Å²) in [6.07, 6.45) is -0.585. The van der Waals surface area contributed by atoms with Crippen LogP contribution in [0.4, 0.5) is 18.9 Å². The van der Waals surface area contributed by atoms with Crippen molar-refractivity contribution >= 4 is 67.8 Å². The van der Waals surface area contributed by atoms with Gasteiger partial charge in [0, 0.05) is 23.1 Å². The fraction of sp³-hybridized carbons (Fsp3) is 0.261. The van der Waals surface area contributed by atoms with Gasteiger partial charge >= 0.3 is 6.18 Å². The Bertz CT molecular complexity index is 1090. The Morgan fingerprint density at radius 3 is 2.61 bits per heavy atom. The zero-order valence-electron chi connectivity index (χ0n) is 17.3. The number of anilines is 1. The first-order valence-corrected chi connectivity index (χ1v) is 12.1. The van der Waals surface area contributed by atoms with Crippen LogP contribution in [0.2, 0.25) is 0 Å². The van der Waals surface area contributed by atoms with Crippen molar-refractivity contribution in [2.75, 3.05) is 11.9 Å². The van der Waals surface area contributed by atoms with E-state index in [1.54, 1.807) is 4.90 Å². The number of amides is 2. The summed E-state index contributed by atoms with van der Waals surface area (Å²) in [6, 6.07) is 12.2. The summed E-state index contributed by atoms with van der Waals surface area (Å²) in [7, 11) is 0. The van der Waals surface area contributed by atoms with E-state index < -0.39 is 11.7 Å². The van der Waals surface area contributed by atoms with Gasteiger partial charge in [-0.25, -0.2) is 0 Å². The smallest absolute Gasteiger partial charge is 0.326 e. The first kappa shape index (κ1) is 25.5. The highest BCUT2D eigenvalue weighted by atomic mass is 79.9. The largest absolute Gasteiger partial charge is 0.416 e. The van der Waals surface area contributed by atoms with Crippen molar-refractivity contribution in [1.82, 2.24) is 4.90 Å². The van der Waals surface area contributed by atoms with Gasteiger partial charge in [-0.15, -0.1) is 0 Å². The van der Waals surface area contributed by atoms with Gasteiger partial charge in [0.1, 0.15) is 4.32 Å². The maximum absolute atomic E-state index is 12.8. The third-order valence-corrected chi connectivity index (χ3v) is 6.65. The quantitative estimate of drug-likeness (QED) is 0.219. The van der Waals surface area contributed by atoms with Crippen LogP contribution in [0.1, 0.15) is 36.8 Å². The van der Waals surface area contributed by atoms with E-state index in [9.17, 15) is 22.8 Å². The van der Waals surface area contributed by atoms with Crippen LogP contribution in [0.15, 0.2) is 57.9 Å². The molecular formula is C23H20BrF3N2O2S2. The van der Waals surface area contributed by atoms with Gasteiger partial charge in [-0.1, -0.05) is 64.5 Å². The molecule has 0 radical (unpaired) electrons. The number of thiocarbonyl (C=S) groups is 1. The summed E-state index contributed by atoms with van der Waals surface area (Å²) in [5.41, 5.74) is 0.207. The number of benzene rings is 2.